The van der Waals surface area contributed by atoms with Crippen molar-refractivity contribution >= 4 is 27.5 Å². The number of fused-ring (bicyclic) bond motifs is 1. The molecule has 28 heavy (non-hydrogen) atoms. The van der Waals surface area contributed by atoms with Crippen LogP contribution >= 0.6 is 11.3 Å². The van der Waals surface area contributed by atoms with Gasteiger partial charge in [-0.3, -0.25) is 4.79 Å². The Hall–Kier alpha value is -3.06. The maximum absolute atomic E-state index is 12.3. The molecule has 0 saturated heterocycles. The lowest BCUT2D eigenvalue weighted by molar-refractivity contribution is -0.121. The zero-order valence-electron chi connectivity index (χ0n) is 15.6. The molecule has 2 aromatic carbocycles. The number of carbonyl (C=O) groups is 1. The van der Waals surface area contributed by atoms with Crippen LogP contribution in [0.3, 0.4) is 0 Å². The molecule has 6 nitrogen and oxygen atoms in total. The molecule has 7 heteroatoms. The maximum atomic E-state index is 12.3. The first kappa shape index (κ1) is 18.3. The molecule has 2 heterocycles. The van der Waals surface area contributed by atoms with Gasteiger partial charge in [-0.1, -0.05) is 24.3 Å². The first-order valence-electron chi connectivity index (χ1n) is 9.28. The third-order valence-corrected chi connectivity index (χ3v) is 5.68. The van der Waals surface area contributed by atoms with E-state index in [-0.39, 0.29) is 11.9 Å². The summed E-state index contributed by atoms with van der Waals surface area (Å²) in [5.74, 6) is 0.0639. The highest BCUT2D eigenvalue weighted by atomic mass is 32.1. The quantitative estimate of drug-likeness (QED) is 0.515. The first-order chi connectivity index (χ1) is 13.7. The highest BCUT2D eigenvalue weighted by Crippen LogP contribution is 2.23. The molecule has 0 spiro atoms. The molecule has 0 fully saturated rings. The molecule has 142 valence electrons. The summed E-state index contributed by atoms with van der Waals surface area (Å²) in [6.45, 7) is 2.00. The van der Waals surface area contributed by atoms with Gasteiger partial charge in [-0.15, -0.1) is 11.3 Å². The van der Waals surface area contributed by atoms with Crippen LogP contribution < -0.4 is 5.32 Å². The van der Waals surface area contributed by atoms with Crippen LogP contribution in [-0.4, -0.2) is 25.7 Å². The molecule has 2 aromatic heterocycles. The summed E-state index contributed by atoms with van der Waals surface area (Å²) in [5, 5.41) is 8.27. The minimum absolute atomic E-state index is 0.0419. The maximum Gasteiger partial charge on any atom is 0.220 e. The van der Waals surface area contributed by atoms with Crippen molar-refractivity contribution < 1.29 is 4.79 Å². The lowest BCUT2D eigenvalue weighted by atomic mass is 10.1. The van der Waals surface area contributed by atoms with E-state index in [2.05, 4.69) is 26.4 Å². The zero-order valence-corrected chi connectivity index (χ0v) is 16.4. The predicted molar refractivity (Wildman–Crippen MR) is 110 cm³/mol. The molecule has 0 unspecified atom stereocenters. The number of nitrogens with one attached hydrogen (secondary N) is 1. The van der Waals surface area contributed by atoms with Crippen LogP contribution in [0.2, 0.25) is 0 Å². The van der Waals surface area contributed by atoms with Gasteiger partial charge in [-0.2, -0.15) is 5.10 Å². The van der Waals surface area contributed by atoms with E-state index in [1.165, 1.54) is 11.0 Å². The Labute approximate surface area is 167 Å². The molecule has 0 aliphatic heterocycles. The van der Waals surface area contributed by atoms with E-state index < -0.39 is 0 Å². The Kier molecular flexibility index (Phi) is 5.43. The van der Waals surface area contributed by atoms with Gasteiger partial charge in [0.25, 0.3) is 0 Å². The Bertz CT molecular complexity index is 1020. The molecule has 0 saturated carbocycles. The van der Waals surface area contributed by atoms with Crippen molar-refractivity contribution in [3.05, 3.63) is 71.8 Å². The number of rotatable bonds is 7. The highest BCUT2D eigenvalue weighted by molar-refractivity contribution is 7.18. The molecule has 1 amide bonds. The Balaban J connectivity index is 1.27. The van der Waals surface area contributed by atoms with Gasteiger partial charge in [0.15, 0.2) is 0 Å². The van der Waals surface area contributed by atoms with E-state index in [1.807, 2.05) is 49.4 Å². The van der Waals surface area contributed by atoms with Crippen LogP contribution in [0.4, 0.5) is 0 Å². The van der Waals surface area contributed by atoms with Crippen LogP contribution in [-0.2, 0) is 11.2 Å². The average molecular weight is 392 g/mol. The minimum Gasteiger partial charge on any atom is -0.350 e. The molecule has 1 atom stereocenters. The number of thiazole rings is 1. The van der Waals surface area contributed by atoms with Crippen molar-refractivity contribution in [2.45, 2.75) is 32.2 Å². The number of benzene rings is 2. The fourth-order valence-corrected chi connectivity index (χ4v) is 4.09. The summed E-state index contributed by atoms with van der Waals surface area (Å²) in [6, 6.07) is 16.0. The summed E-state index contributed by atoms with van der Waals surface area (Å²) < 4.78 is 2.90. The summed E-state index contributed by atoms with van der Waals surface area (Å²) in [5.41, 5.74) is 3.04. The van der Waals surface area contributed by atoms with Gasteiger partial charge in [0, 0.05) is 6.42 Å². The van der Waals surface area contributed by atoms with Crippen molar-refractivity contribution in [2.75, 3.05) is 0 Å². The van der Waals surface area contributed by atoms with E-state index in [9.17, 15) is 4.79 Å². The zero-order chi connectivity index (χ0) is 19.3. The monoisotopic (exact) mass is 391 g/mol. The fourth-order valence-electron chi connectivity index (χ4n) is 3.08. The van der Waals surface area contributed by atoms with Crippen LogP contribution in [0, 0.1) is 0 Å². The molecule has 0 aliphatic carbocycles. The Morgan fingerprint density at radius 2 is 2.00 bits per heavy atom. The van der Waals surface area contributed by atoms with Gasteiger partial charge in [0.2, 0.25) is 5.91 Å². The van der Waals surface area contributed by atoms with Gasteiger partial charge < -0.3 is 5.32 Å². The number of amides is 1. The number of aryl methyl sites for hydroxylation is 1. The van der Waals surface area contributed by atoms with Gasteiger partial charge in [-0.05, 0) is 49.6 Å². The van der Waals surface area contributed by atoms with Crippen molar-refractivity contribution in [3.63, 3.8) is 0 Å². The van der Waals surface area contributed by atoms with Crippen molar-refractivity contribution in [2.24, 2.45) is 0 Å². The summed E-state index contributed by atoms with van der Waals surface area (Å²) >= 11 is 1.71. The molecule has 4 rings (SSSR count). The smallest absolute Gasteiger partial charge is 0.220 e. The number of carbonyl (C=O) groups excluding carboxylic acids is 1. The van der Waals surface area contributed by atoms with Crippen LogP contribution in [0.15, 0.2) is 61.2 Å². The van der Waals surface area contributed by atoms with Crippen molar-refractivity contribution in [1.29, 1.82) is 0 Å². The Morgan fingerprint density at radius 3 is 2.75 bits per heavy atom. The lowest BCUT2D eigenvalue weighted by Crippen LogP contribution is -2.26. The second-order valence-electron chi connectivity index (χ2n) is 6.65. The SMILES string of the molecule is C[C@H](NC(=O)CCCc1nc2ccccc2s1)c1ccc(-n2cncn2)cc1. The van der Waals surface area contributed by atoms with E-state index in [0.29, 0.717) is 6.42 Å². The second-order valence-corrected chi connectivity index (χ2v) is 7.76. The topological polar surface area (TPSA) is 72.7 Å². The van der Waals surface area contributed by atoms with Gasteiger partial charge in [-0.25, -0.2) is 14.6 Å². The van der Waals surface area contributed by atoms with Gasteiger partial charge >= 0.3 is 0 Å². The number of aromatic nitrogens is 4. The van der Waals surface area contributed by atoms with Crippen LogP contribution in [0.5, 0.6) is 0 Å². The molecular weight excluding hydrogens is 370 g/mol. The number of hydrogen-bond acceptors (Lipinski definition) is 5. The van der Waals surface area contributed by atoms with E-state index >= 15 is 0 Å². The van der Waals surface area contributed by atoms with E-state index in [0.717, 1.165) is 34.6 Å². The summed E-state index contributed by atoms with van der Waals surface area (Å²) in [4.78, 5) is 20.9. The summed E-state index contributed by atoms with van der Waals surface area (Å²) in [7, 11) is 0. The molecule has 0 bridgehead atoms. The molecule has 4 aromatic rings. The van der Waals surface area contributed by atoms with Gasteiger partial charge in [0.05, 0.1) is 27.0 Å². The number of nitrogens with zero attached hydrogens (tertiary/aromatic N) is 4. The summed E-state index contributed by atoms with van der Waals surface area (Å²) in [6.07, 6.45) is 5.28. The normalized spacial score (nSPS) is 12.2. The van der Waals surface area contributed by atoms with E-state index in [1.54, 1.807) is 22.3 Å². The van der Waals surface area contributed by atoms with Crippen LogP contribution in [0.25, 0.3) is 15.9 Å². The molecule has 0 radical (unpaired) electrons. The predicted octanol–water partition coefficient (Wildman–Crippen LogP) is 4.08. The van der Waals surface area contributed by atoms with E-state index in [4.69, 9.17) is 0 Å². The van der Waals surface area contributed by atoms with Crippen molar-refractivity contribution in [1.82, 2.24) is 25.1 Å². The third kappa shape index (κ3) is 4.26. The third-order valence-electron chi connectivity index (χ3n) is 4.59. The first-order valence-corrected chi connectivity index (χ1v) is 10.1. The number of para-hydroxylation sites is 1. The molecule has 1 N–H and O–H groups in total. The standard InChI is InChI=1S/C21H21N5OS/c1-15(16-9-11-17(12-10-16)26-14-22-13-23-26)24-20(27)7-4-8-21-25-18-5-2-3-6-19(18)28-21/h2-3,5-6,9-15H,4,7-8H2,1H3,(H,24,27)/t15-/m0/s1. The molecular formula is C21H21N5OS. The lowest BCUT2D eigenvalue weighted by Gasteiger charge is -2.14. The van der Waals surface area contributed by atoms with Crippen LogP contribution in [0.1, 0.15) is 36.4 Å². The van der Waals surface area contributed by atoms with Gasteiger partial charge in [0.1, 0.15) is 12.7 Å². The molecule has 0 aliphatic rings. The minimum atomic E-state index is -0.0419. The average Bonchev–Trinajstić information content (AvgIpc) is 3.37. The number of hydrogen-bond donors (Lipinski definition) is 1. The second kappa shape index (κ2) is 8.31. The largest absolute Gasteiger partial charge is 0.350 e. The van der Waals surface area contributed by atoms with Crippen molar-refractivity contribution in [3.8, 4) is 5.69 Å². The highest BCUT2D eigenvalue weighted by Gasteiger charge is 2.11. The Morgan fingerprint density at radius 1 is 1.18 bits per heavy atom. The fraction of sp³-hybridized carbons (Fsp3) is 0.238.